The van der Waals surface area contributed by atoms with Crippen molar-refractivity contribution in [3.8, 4) is 0 Å². The maximum Gasteiger partial charge on any atom is 0.242 e. The van der Waals surface area contributed by atoms with Gasteiger partial charge in [-0.3, -0.25) is 9.59 Å². The lowest BCUT2D eigenvalue weighted by Crippen LogP contribution is -2.48. The third-order valence-electron chi connectivity index (χ3n) is 5.74. The fourth-order valence-corrected chi connectivity index (χ4v) is 4.11. The van der Waals surface area contributed by atoms with Crippen molar-refractivity contribution in [3.05, 3.63) is 107 Å². The van der Waals surface area contributed by atoms with Gasteiger partial charge in [0.05, 0.1) is 0 Å². The van der Waals surface area contributed by atoms with Gasteiger partial charge in [0.2, 0.25) is 11.8 Å². The topological polar surface area (TPSA) is 49.4 Å². The number of carbonyl (C=O) groups excluding carboxylic acids is 2. The molecule has 33 heavy (non-hydrogen) atoms. The van der Waals surface area contributed by atoms with Gasteiger partial charge in [0.15, 0.2) is 0 Å². The molecule has 3 rings (SSSR count). The molecule has 3 aromatic carbocycles. The number of amides is 2. The van der Waals surface area contributed by atoms with Gasteiger partial charge in [-0.15, -0.1) is 0 Å². The van der Waals surface area contributed by atoms with Crippen LogP contribution in [0.15, 0.2) is 84.9 Å². The Kier molecular flexibility index (Phi) is 9.08. The van der Waals surface area contributed by atoms with Crippen LogP contribution >= 0.6 is 11.6 Å². The summed E-state index contributed by atoms with van der Waals surface area (Å²) in [4.78, 5) is 28.2. The van der Waals surface area contributed by atoms with Gasteiger partial charge in [-0.05, 0) is 42.2 Å². The molecule has 172 valence electrons. The van der Waals surface area contributed by atoms with Gasteiger partial charge in [0.25, 0.3) is 0 Å². The van der Waals surface area contributed by atoms with Crippen LogP contribution < -0.4 is 5.32 Å². The van der Waals surface area contributed by atoms with Gasteiger partial charge in [-0.1, -0.05) is 91.3 Å². The molecule has 4 nitrogen and oxygen atoms in total. The maximum atomic E-state index is 13.7. The quantitative estimate of drug-likeness (QED) is 0.413. The first-order valence-electron chi connectivity index (χ1n) is 11.4. The minimum absolute atomic E-state index is 0.0770. The van der Waals surface area contributed by atoms with Gasteiger partial charge in [-0.2, -0.15) is 0 Å². The Morgan fingerprint density at radius 3 is 2.06 bits per heavy atom. The molecule has 1 atom stereocenters. The molecule has 5 heteroatoms. The van der Waals surface area contributed by atoms with Crippen LogP contribution in [-0.2, 0) is 16.1 Å². The Morgan fingerprint density at radius 2 is 1.52 bits per heavy atom. The molecule has 0 aliphatic rings. The predicted octanol–water partition coefficient (Wildman–Crippen LogP) is 5.81. The summed E-state index contributed by atoms with van der Waals surface area (Å²) in [7, 11) is 0. The Morgan fingerprint density at radius 1 is 0.909 bits per heavy atom. The zero-order valence-corrected chi connectivity index (χ0v) is 20.0. The average molecular weight is 463 g/mol. The van der Waals surface area contributed by atoms with Gasteiger partial charge >= 0.3 is 0 Å². The molecule has 0 spiro atoms. The first kappa shape index (κ1) is 24.5. The summed E-state index contributed by atoms with van der Waals surface area (Å²) in [6, 6.07) is 26.9. The van der Waals surface area contributed by atoms with Gasteiger partial charge in [0, 0.05) is 30.5 Å². The lowest BCUT2D eigenvalue weighted by atomic mass is 9.88. The van der Waals surface area contributed by atoms with Crippen molar-refractivity contribution in [2.24, 2.45) is 0 Å². The number of rotatable bonds is 10. The summed E-state index contributed by atoms with van der Waals surface area (Å²) < 4.78 is 0. The van der Waals surface area contributed by atoms with Crippen LogP contribution in [0.5, 0.6) is 0 Å². The van der Waals surface area contributed by atoms with Crippen molar-refractivity contribution in [2.45, 2.75) is 45.2 Å². The Balaban J connectivity index is 1.90. The normalized spacial score (nSPS) is 11.8. The molecule has 0 saturated carbocycles. The van der Waals surface area contributed by atoms with E-state index in [1.54, 1.807) is 17.9 Å². The number of halogens is 1. The minimum atomic E-state index is -0.602. The number of carbonyl (C=O) groups is 2. The molecular weight excluding hydrogens is 432 g/mol. The maximum absolute atomic E-state index is 13.7. The third kappa shape index (κ3) is 6.93. The van der Waals surface area contributed by atoms with Crippen LogP contribution in [0.3, 0.4) is 0 Å². The molecule has 0 fully saturated rings. The van der Waals surface area contributed by atoms with Crippen LogP contribution in [0.4, 0.5) is 0 Å². The zero-order valence-electron chi connectivity index (χ0n) is 19.2. The smallest absolute Gasteiger partial charge is 0.242 e. The van der Waals surface area contributed by atoms with E-state index in [9.17, 15) is 9.59 Å². The highest BCUT2D eigenvalue weighted by Crippen LogP contribution is 2.29. The SMILES string of the molecule is CCCNC(=O)[C@H](C)N(Cc1cccc(Cl)c1)C(=O)CC(c1ccccc1)c1ccccc1. The standard InChI is InChI=1S/C28H31ClN2O2/c1-3-17-30-28(33)21(2)31(20-22-11-10-16-25(29)18-22)27(32)19-26(23-12-6-4-7-13-23)24-14-8-5-9-15-24/h4-16,18,21,26H,3,17,19-20H2,1-2H3,(H,30,33)/t21-/m0/s1. The molecule has 0 unspecified atom stereocenters. The van der Waals surface area contributed by atoms with E-state index in [4.69, 9.17) is 11.6 Å². The predicted molar refractivity (Wildman–Crippen MR) is 134 cm³/mol. The molecule has 0 bridgehead atoms. The molecule has 0 aliphatic heterocycles. The summed E-state index contributed by atoms with van der Waals surface area (Å²) in [5.41, 5.74) is 3.03. The average Bonchev–Trinajstić information content (AvgIpc) is 2.85. The Bertz CT molecular complexity index is 1000. The van der Waals surface area contributed by atoms with Crippen molar-refractivity contribution < 1.29 is 9.59 Å². The summed E-state index contributed by atoms with van der Waals surface area (Å²) in [6.45, 7) is 4.69. The second-order valence-electron chi connectivity index (χ2n) is 8.20. The van der Waals surface area contributed by atoms with Gasteiger partial charge in [-0.25, -0.2) is 0 Å². The number of hydrogen-bond acceptors (Lipinski definition) is 2. The summed E-state index contributed by atoms with van der Waals surface area (Å²) in [5.74, 6) is -0.331. The van der Waals surface area contributed by atoms with Crippen molar-refractivity contribution in [3.63, 3.8) is 0 Å². The number of nitrogens with one attached hydrogen (secondary N) is 1. The van der Waals surface area contributed by atoms with Crippen molar-refractivity contribution >= 4 is 23.4 Å². The van der Waals surface area contributed by atoms with Gasteiger partial charge < -0.3 is 10.2 Å². The van der Waals surface area contributed by atoms with Crippen molar-refractivity contribution in [1.82, 2.24) is 10.2 Å². The molecule has 0 aromatic heterocycles. The molecule has 0 aliphatic carbocycles. The van der Waals surface area contributed by atoms with Crippen LogP contribution in [0.1, 0.15) is 49.3 Å². The highest BCUT2D eigenvalue weighted by atomic mass is 35.5. The van der Waals surface area contributed by atoms with E-state index in [0.717, 1.165) is 23.1 Å². The first-order valence-corrected chi connectivity index (χ1v) is 11.8. The van der Waals surface area contributed by atoms with E-state index in [1.165, 1.54) is 0 Å². The summed E-state index contributed by atoms with van der Waals surface area (Å²) in [5, 5.41) is 3.53. The minimum Gasteiger partial charge on any atom is -0.354 e. The van der Waals surface area contributed by atoms with E-state index in [1.807, 2.05) is 85.8 Å². The molecule has 1 N–H and O–H groups in total. The van der Waals surface area contributed by atoms with Crippen LogP contribution in [-0.4, -0.2) is 29.3 Å². The fourth-order valence-electron chi connectivity index (χ4n) is 3.90. The lowest BCUT2D eigenvalue weighted by molar-refractivity contribution is -0.140. The highest BCUT2D eigenvalue weighted by molar-refractivity contribution is 6.30. The molecular formula is C28H31ClN2O2. The van der Waals surface area contributed by atoms with E-state index in [2.05, 4.69) is 5.32 Å². The molecule has 0 saturated heterocycles. The monoisotopic (exact) mass is 462 g/mol. The second kappa shape index (κ2) is 12.2. The lowest BCUT2D eigenvalue weighted by Gasteiger charge is -2.30. The molecule has 0 heterocycles. The van der Waals surface area contributed by atoms with E-state index >= 15 is 0 Å². The Hall–Kier alpha value is -3.11. The highest BCUT2D eigenvalue weighted by Gasteiger charge is 2.29. The van der Waals surface area contributed by atoms with Crippen LogP contribution in [0.25, 0.3) is 0 Å². The van der Waals surface area contributed by atoms with E-state index in [0.29, 0.717) is 18.1 Å². The van der Waals surface area contributed by atoms with E-state index in [-0.39, 0.29) is 24.2 Å². The summed E-state index contributed by atoms with van der Waals surface area (Å²) >= 11 is 6.18. The summed E-state index contributed by atoms with van der Waals surface area (Å²) in [6.07, 6.45) is 1.10. The van der Waals surface area contributed by atoms with Gasteiger partial charge in [0.1, 0.15) is 6.04 Å². The molecule has 2 amide bonds. The number of hydrogen-bond donors (Lipinski definition) is 1. The zero-order chi connectivity index (χ0) is 23.6. The fraction of sp³-hybridized carbons (Fsp3) is 0.286. The van der Waals surface area contributed by atoms with Crippen LogP contribution in [0, 0.1) is 0 Å². The third-order valence-corrected chi connectivity index (χ3v) is 5.98. The number of nitrogens with zero attached hydrogens (tertiary/aromatic N) is 1. The Labute approximate surface area is 201 Å². The largest absolute Gasteiger partial charge is 0.354 e. The van der Waals surface area contributed by atoms with E-state index < -0.39 is 6.04 Å². The second-order valence-corrected chi connectivity index (χ2v) is 8.63. The van der Waals surface area contributed by atoms with Crippen LogP contribution in [0.2, 0.25) is 5.02 Å². The van der Waals surface area contributed by atoms with Crippen molar-refractivity contribution in [2.75, 3.05) is 6.54 Å². The van der Waals surface area contributed by atoms with Crippen molar-refractivity contribution in [1.29, 1.82) is 0 Å². The number of benzene rings is 3. The first-order chi connectivity index (χ1) is 16.0. The molecule has 3 aromatic rings. The molecule has 0 radical (unpaired) electrons.